The summed E-state index contributed by atoms with van der Waals surface area (Å²) in [5.41, 5.74) is 0.887. The molecule has 0 bridgehead atoms. The zero-order chi connectivity index (χ0) is 14.1. The van der Waals surface area contributed by atoms with Gasteiger partial charge in [-0.05, 0) is 5.56 Å². The number of hydrogen-bond acceptors (Lipinski definition) is 4. The third-order valence-corrected chi connectivity index (χ3v) is 2.45. The molecule has 1 atom stereocenters. The van der Waals surface area contributed by atoms with Gasteiger partial charge in [-0.25, -0.2) is 9.59 Å². The summed E-state index contributed by atoms with van der Waals surface area (Å²) < 4.78 is 9.70. The summed E-state index contributed by atoms with van der Waals surface area (Å²) in [4.78, 5) is 22.0. The lowest BCUT2D eigenvalue weighted by molar-refractivity contribution is -0.148. The van der Waals surface area contributed by atoms with Gasteiger partial charge in [0.25, 0.3) is 0 Å². The minimum Gasteiger partial charge on any atom is -0.479 e. The van der Waals surface area contributed by atoms with Gasteiger partial charge in [-0.1, -0.05) is 30.3 Å². The van der Waals surface area contributed by atoms with E-state index >= 15 is 0 Å². The third kappa shape index (κ3) is 5.87. The van der Waals surface area contributed by atoms with Gasteiger partial charge >= 0.3 is 12.1 Å². The van der Waals surface area contributed by atoms with Gasteiger partial charge in [0, 0.05) is 20.1 Å². The molecule has 1 aromatic carbocycles. The van der Waals surface area contributed by atoms with Crippen molar-refractivity contribution in [3.8, 4) is 0 Å². The van der Waals surface area contributed by atoms with Crippen LogP contribution in [0.15, 0.2) is 30.3 Å². The summed E-state index contributed by atoms with van der Waals surface area (Å²) in [5, 5.41) is 11.2. The van der Waals surface area contributed by atoms with E-state index in [-0.39, 0.29) is 19.6 Å². The molecule has 1 amide bonds. The molecular formula is C13H17NO5. The van der Waals surface area contributed by atoms with Gasteiger partial charge in [-0.15, -0.1) is 0 Å². The van der Waals surface area contributed by atoms with Crippen LogP contribution in [0.5, 0.6) is 0 Å². The van der Waals surface area contributed by atoms with E-state index < -0.39 is 18.2 Å². The van der Waals surface area contributed by atoms with Crippen molar-refractivity contribution in [1.82, 2.24) is 5.32 Å². The Morgan fingerprint density at radius 2 is 2.00 bits per heavy atom. The van der Waals surface area contributed by atoms with Gasteiger partial charge in [0.15, 0.2) is 6.10 Å². The van der Waals surface area contributed by atoms with Crippen molar-refractivity contribution in [2.24, 2.45) is 0 Å². The van der Waals surface area contributed by atoms with Crippen LogP contribution < -0.4 is 5.32 Å². The molecule has 0 heterocycles. The molecule has 0 spiro atoms. The molecule has 0 aromatic heterocycles. The summed E-state index contributed by atoms with van der Waals surface area (Å²) in [5.74, 6) is -1.05. The number of carboxylic acid groups (broad SMARTS) is 1. The number of alkyl carbamates (subject to hydrolysis) is 1. The Morgan fingerprint density at radius 3 is 2.58 bits per heavy atom. The van der Waals surface area contributed by atoms with Gasteiger partial charge in [0.05, 0.1) is 0 Å². The van der Waals surface area contributed by atoms with E-state index in [1.165, 1.54) is 7.11 Å². The molecule has 0 saturated carbocycles. The number of carbonyl (C=O) groups excluding carboxylic acids is 1. The minimum absolute atomic E-state index is 0.179. The standard InChI is InChI=1S/C13H17NO5/c1-18-11(12(15)16)7-8-14-13(17)19-9-10-5-3-2-4-6-10/h2-6,11H,7-9H2,1H3,(H,14,17)(H,15,16). The predicted octanol–water partition coefficient (Wildman–Crippen LogP) is 1.40. The van der Waals surface area contributed by atoms with Crippen LogP contribution in [0.25, 0.3) is 0 Å². The largest absolute Gasteiger partial charge is 0.479 e. The molecule has 0 aliphatic rings. The average molecular weight is 267 g/mol. The van der Waals surface area contributed by atoms with Gasteiger partial charge in [0.2, 0.25) is 0 Å². The molecule has 104 valence electrons. The lowest BCUT2D eigenvalue weighted by Gasteiger charge is -2.11. The number of hydrogen-bond donors (Lipinski definition) is 2. The van der Waals surface area contributed by atoms with Crippen LogP contribution >= 0.6 is 0 Å². The maximum absolute atomic E-state index is 11.3. The normalized spacial score (nSPS) is 11.6. The number of ether oxygens (including phenoxy) is 2. The SMILES string of the molecule is COC(CCNC(=O)OCc1ccccc1)C(=O)O. The average Bonchev–Trinajstić information content (AvgIpc) is 2.42. The van der Waals surface area contributed by atoms with Crippen molar-refractivity contribution in [1.29, 1.82) is 0 Å². The molecule has 1 aromatic rings. The van der Waals surface area contributed by atoms with E-state index in [0.717, 1.165) is 5.56 Å². The Morgan fingerprint density at radius 1 is 1.32 bits per heavy atom. The molecule has 6 nitrogen and oxygen atoms in total. The highest BCUT2D eigenvalue weighted by Gasteiger charge is 2.16. The number of benzene rings is 1. The Balaban J connectivity index is 2.20. The van der Waals surface area contributed by atoms with Crippen molar-refractivity contribution in [3.63, 3.8) is 0 Å². The van der Waals surface area contributed by atoms with Crippen LogP contribution in [0.2, 0.25) is 0 Å². The monoisotopic (exact) mass is 267 g/mol. The molecule has 19 heavy (non-hydrogen) atoms. The number of aliphatic carboxylic acids is 1. The Kier molecular flexibility index (Phi) is 6.38. The number of methoxy groups -OCH3 is 1. The van der Waals surface area contributed by atoms with E-state index in [1.807, 2.05) is 30.3 Å². The number of nitrogens with one attached hydrogen (secondary N) is 1. The Bertz CT molecular complexity index is 407. The molecule has 0 aliphatic heterocycles. The van der Waals surface area contributed by atoms with E-state index in [1.54, 1.807) is 0 Å². The highest BCUT2D eigenvalue weighted by Crippen LogP contribution is 2.01. The molecule has 0 saturated heterocycles. The van der Waals surface area contributed by atoms with Crippen LogP contribution in [-0.4, -0.2) is 36.9 Å². The summed E-state index contributed by atoms with van der Waals surface area (Å²) >= 11 is 0. The van der Waals surface area contributed by atoms with Crippen LogP contribution in [-0.2, 0) is 20.9 Å². The number of amides is 1. The van der Waals surface area contributed by atoms with E-state index in [9.17, 15) is 9.59 Å². The Labute approximate surface area is 111 Å². The van der Waals surface area contributed by atoms with Gasteiger partial charge < -0.3 is 19.9 Å². The van der Waals surface area contributed by atoms with Gasteiger partial charge in [-0.3, -0.25) is 0 Å². The zero-order valence-electron chi connectivity index (χ0n) is 10.7. The first kappa shape index (κ1) is 15.0. The molecule has 0 aliphatic carbocycles. The molecular weight excluding hydrogens is 250 g/mol. The maximum atomic E-state index is 11.3. The second-order valence-corrected chi connectivity index (χ2v) is 3.84. The lowest BCUT2D eigenvalue weighted by atomic mass is 10.2. The smallest absolute Gasteiger partial charge is 0.407 e. The molecule has 0 radical (unpaired) electrons. The van der Waals surface area contributed by atoms with Crippen LogP contribution in [0.1, 0.15) is 12.0 Å². The first-order chi connectivity index (χ1) is 9.13. The molecule has 1 unspecified atom stereocenters. The van der Waals surface area contributed by atoms with E-state index in [4.69, 9.17) is 14.6 Å². The summed E-state index contributed by atoms with van der Waals surface area (Å²) in [7, 11) is 1.31. The fourth-order valence-electron chi connectivity index (χ4n) is 1.42. The third-order valence-electron chi connectivity index (χ3n) is 2.45. The first-order valence-corrected chi connectivity index (χ1v) is 5.83. The summed E-state index contributed by atoms with van der Waals surface area (Å²) in [6, 6.07) is 9.27. The van der Waals surface area contributed by atoms with Gasteiger partial charge in [-0.2, -0.15) is 0 Å². The van der Waals surface area contributed by atoms with Crippen molar-refractivity contribution in [3.05, 3.63) is 35.9 Å². The highest BCUT2D eigenvalue weighted by atomic mass is 16.5. The van der Waals surface area contributed by atoms with E-state index in [0.29, 0.717) is 0 Å². The van der Waals surface area contributed by atoms with Crippen molar-refractivity contribution in [2.45, 2.75) is 19.1 Å². The summed E-state index contributed by atoms with van der Waals surface area (Å²) in [6.45, 7) is 0.359. The number of rotatable bonds is 7. The molecule has 1 rings (SSSR count). The van der Waals surface area contributed by atoms with Gasteiger partial charge in [0.1, 0.15) is 6.61 Å². The van der Waals surface area contributed by atoms with Crippen molar-refractivity contribution < 1.29 is 24.2 Å². The fourth-order valence-corrected chi connectivity index (χ4v) is 1.42. The topological polar surface area (TPSA) is 84.9 Å². The van der Waals surface area contributed by atoms with Crippen LogP contribution in [0.4, 0.5) is 4.79 Å². The highest BCUT2D eigenvalue weighted by molar-refractivity contribution is 5.72. The Hall–Kier alpha value is -2.08. The minimum atomic E-state index is -1.05. The van der Waals surface area contributed by atoms with Crippen LogP contribution in [0, 0.1) is 0 Å². The fraction of sp³-hybridized carbons (Fsp3) is 0.385. The maximum Gasteiger partial charge on any atom is 0.407 e. The van der Waals surface area contributed by atoms with Crippen molar-refractivity contribution in [2.75, 3.05) is 13.7 Å². The van der Waals surface area contributed by atoms with Crippen LogP contribution in [0.3, 0.4) is 0 Å². The van der Waals surface area contributed by atoms with E-state index in [2.05, 4.69) is 5.32 Å². The summed E-state index contributed by atoms with van der Waals surface area (Å²) in [6.07, 6.45) is -1.31. The molecule has 0 fully saturated rings. The first-order valence-electron chi connectivity index (χ1n) is 5.83. The second kappa shape index (κ2) is 8.10. The predicted molar refractivity (Wildman–Crippen MR) is 67.7 cm³/mol. The number of carboxylic acids is 1. The quantitative estimate of drug-likeness (QED) is 0.780. The zero-order valence-corrected chi connectivity index (χ0v) is 10.7. The molecule has 2 N–H and O–H groups in total. The second-order valence-electron chi connectivity index (χ2n) is 3.84. The van der Waals surface area contributed by atoms with Crippen molar-refractivity contribution >= 4 is 12.1 Å². The number of carbonyl (C=O) groups is 2. The molecule has 6 heteroatoms. The lowest BCUT2D eigenvalue weighted by Crippen LogP contribution is -2.31.